The Morgan fingerprint density at radius 2 is 1.71 bits per heavy atom. The highest BCUT2D eigenvalue weighted by Crippen LogP contribution is 2.31. The fourth-order valence-corrected chi connectivity index (χ4v) is 5.09. The standard InChI is InChI=1S/C18H25BrN4O/c19-15-16(12-4-2-1-3-5-12)21-22-17(15)18(24)23-8-6-13-10-20-11-14(13)7-9-23/h1-5,13-17,20-22H,6-11H2/t13-,14+,15?,16?,17?. The van der Waals surface area contributed by atoms with Gasteiger partial charge in [-0.3, -0.25) is 4.79 Å². The quantitative estimate of drug-likeness (QED) is 0.666. The molecule has 0 spiro atoms. The molecule has 0 bridgehead atoms. The molecule has 3 unspecified atom stereocenters. The number of carbonyl (C=O) groups excluding carboxylic acids is 1. The maximum atomic E-state index is 13.0. The van der Waals surface area contributed by atoms with E-state index >= 15 is 0 Å². The van der Waals surface area contributed by atoms with Gasteiger partial charge in [0.25, 0.3) is 0 Å². The van der Waals surface area contributed by atoms with Gasteiger partial charge in [-0.2, -0.15) is 0 Å². The lowest BCUT2D eigenvalue weighted by atomic mass is 9.92. The fourth-order valence-electron chi connectivity index (χ4n) is 4.29. The number of rotatable bonds is 2. The Hall–Kier alpha value is -0.950. The van der Waals surface area contributed by atoms with Crippen molar-refractivity contribution in [2.45, 2.75) is 29.8 Å². The number of nitrogens with one attached hydrogen (secondary N) is 3. The summed E-state index contributed by atoms with van der Waals surface area (Å²) in [5.41, 5.74) is 7.71. The van der Waals surface area contributed by atoms with E-state index in [1.54, 1.807) is 0 Å². The molecule has 0 aromatic heterocycles. The Kier molecular flexibility index (Phi) is 4.90. The van der Waals surface area contributed by atoms with Crippen LogP contribution < -0.4 is 16.2 Å². The summed E-state index contributed by atoms with van der Waals surface area (Å²) in [4.78, 5) is 15.2. The number of likely N-dealkylation sites (tertiary alicyclic amines) is 1. The van der Waals surface area contributed by atoms with Crippen LogP contribution in [-0.2, 0) is 4.79 Å². The first-order valence-corrected chi connectivity index (χ1v) is 9.85. The zero-order chi connectivity index (χ0) is 16.5. The molecule has 3 saturated heterocycles. The summed E-state index contributed by atoms with van der Waals surface area (Å²) in [6.45, 7) is 4.01. The Morgan fingerprint density at radius 1 is 1.04 bits per heavy atom. The first kappa shape index (κ1) is 16.5. The second kappa shape index (κ2) is 7.12. The summed E-state index contributed by atoms with van der Waals surface area (Å²) in [6, 6.07) is 10.2. The number of benzene rings is 1. The van der Waals surface area contributed by atoms with Crippen LogP contribution >= 0.6 is 15.9 Å². The lowest BCUT2D eigenvalue weighted by Crippen LogP contribution is -2.48. The highest BCUT2D eigenvalue weighted by molar-refractivity contribution is 9.09. The molecule has 5 nitrogen and oxygen atoms in total. The van der Waals surface area contributed by atoms with E-state index in [4.69, 9.17) is 0 Å². The van der Waals surface area contributed by atoms with Crippen LogP contribution in [0, 0.1) is 11.8 Å². The van der Waals surface area contributed by atoms with Crippen molar-refractivity contribution >= 4 is 21.8 Å². The lowest BCUT2D eigenvalue weighted by Gasteiger charge is -2.26. The van der Waals surface area contributed by atoms with Gasteiger partial charge in [0.15, 0.2) is 0 Å². The molecule has 4 rings (SSSR count). The van der Waals surface area contributed by atoms with Gasteiger partial charge in [0.05, 0.1) is 10.9 Å². The molecule has 3 heterocycles. The molecule has 6 heteroatoms. The Bertz CT molecular complexity index is 570. The smallest absolute Gasteiger partial charge is 0.242 e. The van der Waals surface area contributed by atoms with Gasteiger partial charge in [-0.05, 0) is 43.3 Å². The molecular formula is C18H25BrN4O. The SMILES string of the molecule is O=C(C1NNC(c2ccccc2)C1Br)N1CC[C@@H]2CNC[C@@H]2CC1. The maximum absolute atomic E-state index is 13.0. The third kappa shape index (κ3) is 3.12. The van der Waals surface area contributed by atoms with Crippen molar-refractivity contribution < 1.29 is 4.79 Å². The van der Waals surface area contributed by atoms with Gasteiger partial charge in [0.2, 0.25) is 5.91 Å². The number of halogens is 1. The molecule has 0 aliphatic carbocycles. The minimum Gasteiger partial charge on any atom is -0.341 e. The molecule has 130 valence electrons. The molecule has 0 radical (unpaired) electrons. The third-order valence-corrected chi connectivity index (χ3v) is 6.84. The molecule has 3 fully saturated rings. The molecule has 1 aromatic rings. The predicted octanol–water partition coefficient (Wildman–Crippen LogP) is 1.43. The number of nitrogens with zero attached hydrogens (tertiary/aromatic N) is 1. The summed E-state index contributed by atoms with van der Waals surface area (Å²) in [5, 5.41) is 3.49. The third-order valence-electron chi connectivity index (χ3n) is 5.79. The van der Waals surface area contributed by atoms with E-state index in [2.05, 4.69) is 49.1 Å². The fraction of sp³-hybridized carbons (Fsp3) is 0.611. The van der Waals surface area contributed by atoms with Crippen LogP contribution in [0.1, 0.15) is 24.4 Å². The van der Waals surface area contributed by atoms with Crippen molar-refractivity contribution in [2.75, 3.05) is 26.2 Å². The van der Waals surface area contributed by atoms with Crippen molar-refractivity contribution in [3.63, 3.8) is 0 Å². The second-order valence-electron chi connectivity index (χ2n) is 7.18. The highest BCUT2D eigenvalue weighted by Gasteiger charge is 2.42. The van der Waals surface area contributed by atoms with Crippen LogP contribution in [0.15, 0.2) is 30.3 Å². The van der Waals surface area contributed by atoms with E-state index < -0.39 is 0 Å². The van der Waals surface area contributed by atoms with Gasteiger partial charge in [0.1, 0.15) is 6.04 Å². The number of carbonyl (C=O) groups is 1. The summed E-state index contributed by atoms with van der Waals surface area (Å²) in [6.07, 6.45) is 2.25. The van der Waals surface area contributed by atoms with Crippen molar-refractivity contribution in [1.82, 2.24) is 21.1 Å². The van der Waals surface area contributed by atoms with Crippen LogP contribution in [0.5, 0.6) is 0 Å². The van der Waals surface area contributed by atoms with Gasteiger partial charge in [-0.25, -0.2) is 10.9 Å². The van der Waals surface area contributed by atoms with Crippen LogP contribution in [0.4, 0.5) is 0 Å². The van der Waals surface area contributed by atoms with Crippen LogP contribution in [0.25, 0.3) is 0 Å². The topological polar surface area (TPSA) is 56.4 Å². The van der Waals surface area contributed by atoms with E-state index in [-0.39, 0.29) is 22.8 Å². The summed E-state index contributed by atoms with van der Waals surface area (Å²) in [5.74, 6) is 1.71. The summed E-state index contributed by atoms with van der Waals surface area (Å²) in [7, 11) is 0. The molecular weight excluding hydrogens is 368 g/mol. The highest BCUT2D eigenvalue weighted by atomic mass is 79.9. The summed E-state index contributed by atoms with van der Waals surface area (Å²) < 4.78 is 0. The molecule has 5 atom stereocenters. The number of hydrogen-bond donors (Lipinski definition) is 3. The number of fused-ring (bicyclic) bond motifs is 1. The van der Waals surface area contributed by atoms with Crippen LogP contribution in [-0.4, -0.2) is 47.9 Å². The van der Waals surface area contributed by atoms with Crippen molar-refractivity contribution in [2.24, 2.45) is 11.8 Å². The van der Waals surface area contributed by atoms with Crippen molar-refractivity contribution in [3.05, 3.63) is 35.9 Å². The zero-order valence-electron chi connectivity index (χ0n) is 13.7. The van der Waals surface area contributed by atoms with E-state index in [1.165, 1.54) is 5.56 Å². The molecule has 24 heavy (non-hydrogen) atoms. The van der Waals surface area contributed by atoms with E-state index in [1.807, 2.05) is 18.2 Å². The van der Waals surface area contributed by atoms with E-state index in [0.29, 0.717) is 0 Å². The molecule has 1 amide bonds. The molecule has 3 N–H and O–H groups in total. The number of amides is 1. The molecule has 3 aliphatic rings. The molecule has 3 aliphatic heterocycles. The number of alkyl halides is 1. The monoisotopic (exact) mass is 392 g/mol. The van der Waals surface area contributed by atoms with Crippen molar-refractivity contribution in [1.29, 1.82) is 0 Å². The predicted molar refractivity (Wildman–Crippen MR) is 97.6 cm³/mol. The van der Waals surface area contributed by atoms with Gasteiger partial charge in [-0.1, -0.05) is 46.3 Å². The largest absolute Gasteiger partial charge is 0.341 e. The number of hydrogen-bond acceptors (Lipinski definition) is 4. The zero-order valence-corrected chi connectivity index (χ0v) is 15.3. The molecule has 1 aromatic carbocycles. The Labute approximate surface area is 151 Å². The second-order valence-corrected chi connectivity index (χ2v) is 8.24. The van der Waals surface area contributed by atoms with Gasteiger partial charge < -0.3 is 10.2 Å². The normalized spacial score (nSPS) is 36.4. The number of hydrazine groups is 1. The Morgan fingerprint density at radius 3 is 2.38 bits per heavy atom. The van der Waals surface area contributed by atoms with Gasteiger partial charge in [0, 0.05) is 13.1 Å². The van der Waals surface area contributed by atoms with Crippen LogP contribution in [0.3, 0.4) is 0 Å². The van der Waals surface area contributed by atoms with Gasteiger partial charge >= 0.3 is 0 Å². The lowest BCUT2D eigenvalue weighted by molar-refractivity contribution is -0.133. The van der Waals surface area contributed by atoms with Crippen molar-refractivity contribution in [3.8, 4) is 0 Å². The van der Waals surface area contributed by atoms with Crippen LogP contribution in [0.2, 0.25) is 0 Å². The average Bonchev–Trinajstić information content (AvgIpc) is 3.16. The Balaban J connectivity index is 1.41. The summed E-state index contributed by atoms with van der Waals surface area (Å²) >= 11 is 3.76. The maximum Gasteiger partial charge on any atom is 0.242 e. The van der Waals surface area contributed by atoms with E-state index in [0.717, 1.165) is 50.9 Å². The minimum absolute atomic E-state index is 0.0526. The average molecular weight is 393 g/mol. The minimum atomic E-state index is -0.216. The molecule has 0 saturated carbocycles. The van der Waals surface area contributed by atoms with Gasteiger partial charge in [-0.15, -0.1) is 0 Å². The van der Waals surface area contributed by atoms with E-state index in [9.17, 15) is 4.79 Å². The first-order chi connectivity index (χ1) is 11.7. The first-order valence-electron chi connectivity index (χ1n) is 8.93.